The summed E-state index contributed by atoms with van der Waals surface area (Å²) in [4.78, 5) is 64.5. The van der Waals surface area contributed by atoms with Gasteiger partial charge in [-0.2, -0.15) is 0 Å². The summed E-state index contributed by atoms with van der Waals surface area (Å²) in [5, 5.41) is 15.5. The largest absolute Gasteiger partial charge is 0.455 e. The van der Waals surface area contributed by atoms with Crippen molar-refractivity contribution in [3.63, 3.8) is 0 Å². The molecule has 154 valence electrons. The van der Waals surface area contributed by atoms with Crippen molar-refractivity contribution in [2.24, 2.45) is 10.9 Å². The first-order valence-electron chi connectivity index (χ1n) is 8.57. The minimum absolute atomic E-state index is 0.301. The highest BCUT2D eigenvalue weighted by molar-refractivity contribution is 6.10. The summed E-state index contributed by atoms with van der Waals surface area (Å²) in [6, 6.07) is 0. The number of aliphatic imine (C=N–C) groups is 1. The Hall–Kier alpha value is -2.82. The van der Waals surface area contributed by atoms with Crippen molar-refractivity contribution in [2.75, 3.05) is 0 Å². The fourth-order valence-electron chi connectivity index (χ4n) is 3.74. The van der Waals surface area contributed by atoms with Crippen molar-refractivity contribution in [2.45, 2.75) is 64.4 Å². The third kappa shape index (κ3) is 3.75. The first kappa shape index (κ1) is 21.5. The van der Waals surface area contributed by atoms with E-state index in [0.29, 0.717) is 0 Å². The molecule has 0 aromatic carbocycles. The van der Waals surface area contributed by atoms with Gasteiger partial charge in [-0.3, -0.25) is 34.6 Å². The van der Waals surface area contributed by atoms with Crippen molar-refractivity contribution in [3.05, 3.63) is 0 Å². The molecular formula is C17H23N3O8. The van der Waals surface area contributed by atoms with Crippen molar-refractivity contribution in [1.82, 2.24) is 10.6 Å². The van der Waals surface area contributed by atoms with Gasteiger partial charge in [-0.15, -0.1) is 0 Å². The first-order valence-corrected chi connectivity index (χ1v) is 8.57. The highest BCUT2D eigenvalue weighted by Crippen LogP contribution is 2.47. The van der Waals surface area contributed by atoms with Crippen LogP contribution >= 0.6 is 0 Å². The zero-order valence-corrected chi connectivity index (χ0v) is 16.2. The second-order valence-electron chi connectivity index (χ2n) is 7.19. The van der Waals surface area contributed by atoms with Crippen LogP contribution in [0.25, 0.3) is 0 Å². The molecule has 1 fully saturated rings. The van der Waals surface area contributed by atoms with E-state index in [0.717, 1.165) is 20.8 Å². The van der Waals surface area contributed by atoms with Crippen molar-refractivity contribution in [1.29, 1.82) is 0 Å². The molecule has 1 aliphatic carbocycles. The SMILES string of the molecule is CC(=O)NC1=NC2(C(C)=O)C(CC(C)(O)C(OC(C)=O)C2OC(C)=O)C(=O)N1. The zero-order chi connectivity index (χ0) is 21.4. The molecule has 0 radical (unpaired) electrons. The maximum Gasteiger partial charge on any atom is 0.303 e. The summed E-state index contributed by atoms with van der Waals surface area (Å²) in [5.41, 5.74) is -3.79. The number of guanidine groups is 1. The van der Waals surface area contributed by atoms with E-state index in [1.807, 2.05) is 0 Å². The number of hydrogen-bond acceptors (Lipinski definition) is 9. The molecule has 5 unspecified atom stereocenters. The third-order valence-corrected chi connectivity index (χ3v) is 4.77. The number of esters is 2. The molecule has 1 saturated carbocycles. The van der Waals surface area contributed by atoms with Crippen LogP contribution in [0.15, 0.2) is 4.99 Å². The maximum atomic E-state index is 12.8. The van der Waals surface area contributed by atoms with Crippen molar-refractivity contribution < 1.29 is 38.6 Å². The molecule has 1 aliphatic heterocycles. The lowest BCUT2D eigenvalue weighted by Crippen LogP contribution is -2.74. The molecule has 2 rings (SSSR count). The second-order valence-corrected chi connectivity index (χ2v) is 7.19. The van der Waals surface area contributed by atoms with Gasteiger partial charge >= 0.3 is 11.9 Å². The van der Waals surface area contributed by atoms with E-state index in [1.165, 1.54) is 13.8 Å². The Bertz CT molecular complexity index is 774. The zero-order valence-electron chi connectivity index (χ0n) is 16.2. The van der Waals surface area contributed by atoms with Gasteiger partial charge < -0.3 is 14.6 Å². The summed E-state index contributed by atoms with van der Waals surface area (Å²) in [5.74, 6) is -5.06. The van der Waals surface area contributed by atoms with Crippen LogP contribution in [0.3, 0.4) is 0 Å². The fraction of sp³-hybridized carbons (Fsp3) is 0.647. The Morgan fingerprint density at radius 3 is 2.11 bits per heavy atom. The molecule has 0 aromatic heterocycles. The number of nitrogens with one attached hydrogen (secondary N) is 2. The molecule has 5 atom stereocenters. The molecular weight excluding hydrogens is 374 g/mol. The van der Waals surface area contributed by atoms with Crippen LogP contribution in [0.5, 0.6) is 0 Å². The van der Waals surface area contributed by atoms with Gasteiger partial charge in [0.2, 0.25) is 17.8 Å². The molecule has 3 N–H and O–H groups in total. The molecule has 1 heterocycles. The number of Topliss-reactive ketones (excluding diaryl/α,β-unsaturated/α-hetero) is 1. The van der Waals surface area contributed by atoms with E-state index in [4.69, 9.17) is 9.47 Å². The van der Waals surface area contributed by atoms with Crippen LogP contribution in [-0.2, 0) is 33.4 Å². The molecule has 11 nitrogen and oxygen atoms in total. The van der Waals surface area contributed by atoms with Gasteiger partial charge in [0.25, 0.3) is 0 Å². The summed E-state index contributed by atoms with van der Waals surface area (Å²) >= 11 is 0. The topological polar surface area (TPSA) is 160 Å². The molecule has 0 spiro atoms. The summed E-state index contributed by atoms with van der Waals surface area (Å²) in [6.07, 6.45) is -3.36. The minimum Gasteiger partial charge on any atom is -0.455 e. The maximum absolute atomic E-state index is 12.8. The van der Waals surface area contributed by atoms with Gasteiger partial charge in [-0.1, -0.05) is 0 Å². The van der Waals surface area contributed by atoms with Gasteiger partial charge in [0.05, 0.1) is 5.92 Å². The Balaban J connectivity index is 2.74. The van der Waals surface area contributed by atoms with E-state index in [2.05, 4.69) is 15.6 Å². The van der Waals surface area contributed by atoms with E-state index < -0.39 is 58.8 Å². The minimum atomic E-state index is -1.99. The quantitative estimate of drug-likeness (QED) is 0.489. The number of hydrogen-bond donors (Lipinski definition) is 3. The Morgan fingerprint density at radius 1 is 1.11 bits per heavy atom. The molecule has 28 heavy (non-hydrogen) atoms. The molecule has 2 amide bonds. The lowest BCUT2D eigenvalue weighted by molar-refractivity contribution is -0.218. The van der Waals surface area contributed by atoms with E-state index in [9.17, 15) is 29.1 Å². The van der Waals surface area contributed by atoms with Gasteiger partial charge in [-0.05, 0) is 20.3 Å². The van der Waals surface area contributed by atoms with Crippen molar-refractivity contribution >= 4 is 35.5 Å². The van der Waals surface area contributed by atoms with E-state index in [1.54, 1.807) is 0 Å². The van der Waals surface area contributed by atoms with Crippen LogP contribution in [0.1, 0.15) is 41.0 Å². The third-order valence-electron chi connectivity index (χ3n) is 4.77. The Kier molecular flexibility index (Phi) is 5.60. The molecule has 0 aromatic rings. The molecule has 2 aliphatic rings. The van der Waals surface area contributed by atoms with Crippen LogP contribution in [0.2, 0.25) is 0 Å². The first-order chi connectivity index (χ1) is 12.8. The monoisotopic (exact) mass is 397 g/mol. The molecule has 0 bridgehead atoms. The van der Waals surface area contributed by atoms with Gasteiger partial charge in [-0.25, -0.2) is 4.99 Å². The lowest BCUT2D eigenvalue weighted by Gasteiger charge is -2.53. The van der Waals surface area contributed by atoms with E-state index >= 15 is 0 Å². The highest BCUT2D eigenvalue weighted by atomic mass is 16.6. The van der Waals surface area contributed by atoms with Crippen molar-refractivity contribution in [3.8, 4) is 0 Å². The Labute approximate surface area is 160 Å². The predicted molar refractivity (Wildman–Crippen MR) is 92.6 cm³/mol. The van der Waals surface area contributed by atoms with Crippen LogP contribution in [0, 0.1) is 5.92 Å². The number of fused-ring (bicyclic) bond motifs is 1. The van der Waals surface area contributed by atoms with Gasteiger partial charge in [0.15, 0.2) is 23.5 Å². The average molecular weight is 397 g/mol. The number of aliphatic hydroxyl groups is 1. The number of carbonyl (C=O) groups excluding carboxylic acids is 5. The second kappa shape index (κ2) is 7.30. The standard InChI is InChI=1S/C17H23N3O8/c1-7(21)17-11(14(25)19-15(20-17)18-8(2)22)6-16(5,26)12(27-9(3)23)13(17)28-10(4)24/h11-13,26H,6H2,1-5H3,(H2,18,19,20,22,25). The lowest BCUT2D eigenvalue weighted by atomic mass is 9.61. The number of carbonyl (C=O) groups is 5. The Morgan fingerprint density at radius 2 is 1.64 bits per heavy atom. The van der Waals surface area contributed by atoms with Crippen LogP contribution < -0.4 is 10.6 Å². The van der Waals surface area contributed by atoms with Gasteiger partial charge in [0, 0.05) is 20.8 Å². The normalized spacial score (nSPS) is 34.3. The summed E-state index contributed by atoms with van der Waals surface area (Å²) in [6.45, 7) is 5.78. The summed E-state index contributed by atoms with van der Waals surface area (Å²) in [7, 11) is 0. The van der Waals surface area contributed by atoms with E-state index in [-0.39, 0.29) is 12.4 Å². The number of rotatable bonds is 3. The number of ether oxygens (including phenoxy) is 2. The highest BCUT2D eigenvalue weighted by Gasteiger charge is 2.68. The van der Waals surface area contributed by atoms with Crippen LogP contribution in [-0.4, -0.2) is 64.0 Å². The molecule has 0 saturated heterocycles. The van der Waals surface area contributed by atoms with Gasteiger partial charge in [0.1, 0.15) is 5.60 Å². The number of amides is 2. The number of ketones is 1. The predicted octanol–water partition coefficient (Wildman–Crippen LogP) is -1.43. The average Bonchev–Trinajstić information content (AvgIpc) is 2.50. The van der Waals surface area contributed by atoms with Crippen LogP contribution in [0.4, 0.5) is 0 Å². The molecule has 11 heteroatoms. The number of nitrogens with zero attached hydrogens (tertiary/aromatic N) is 1. The fourth-order valence-corrected chi connectivity index (χ4v) is 3.74. The summed E-state index contributed by atoms with van der Waals surface area (Å²) < 4.78 is 10.5. The smallest absolute Gasteiger partial charge is 0.303 e.